The van der Waals surface area contributed by atoms with Gasteiger partial charge in [0.05, 0.1) is 5.56 Å². The van der Waals surface area contributed by atoms with Crippen molar-refractivity contribution in [3.05, 3.63) is 47.1 Å². The normalized spacial score (nSPS) is 18.9. The minimum Gasteiger partial charge on any atom is -0.351 e. The third kappa shape index (κ3) is 3.95. The van der Waals surface area contributed by atoms with Crippen LogP contribution in [0.3, 0.4) is 0 Å². The predicted molar refractivity (Wildman–Crippen MR) is 103 cm³/mol. The summed E-state index contributed by atoms with van der Waals surface area (Å²) in [5, 5.41) is -0.378. The first kappa shape index (κ1) is 20.5. The summed E-state index contributed by atoms with van der Waals surface area (Å²) in [6.07, 6.45) is 3.36. The van der Waals surface area contributed by atoms with Crippen LogP contribution in [0.5, 0.6) is 0 Å². The van der Waals surface area contributed by atoms with Crippen LogP contribution >= 0.6 is 11.6 Å². The highest BCUT2D eigenvalue weighted by molar-refractivity contribution is 7.90. The molecule has 0 aromatic carbocycles. The molecular weight excluding hydrogens is 407 g/mol. The van der Waals surface area contributed by atoms with E-state index in [0.717, 1.165) is 18.7 Å². The summed E-state index contributed by atoms with van der Waals surface area (Å²) in [7, 11) is -4.17. The summed E-state index contributed by atoms with van der Waals surface area (Å²) in [5.41, 5.74) is -0.554. The fourth-order valence-electron chi connectivity index (χ4n) is 3.53. The van der Waals surface area contributed by atoms with E-state index in [2.05, 4.69) is 16.9 Å². The van der Waals surface area contributed by atoms with E-state index in [9.17, 15) is 17.6 Å². The number of pyridine rings is 2. The van der Waals surface area contributed by atoms with E-state index in [1.807, 2.05) is 23.5 Å². The second kappa shape index (κ2) is 7.29. The molecule has 1 fully saturated rings. The first-order chi connectivity index (χ1) is 13.0. The van der Waals surface area contributed by atoms with Crippen LogP contribution in [0.15, 0.2) is 35.5 Å². The van der Waals surface area contributed by atoms with Gasteiger partial charge in [0.1, 0.15) is 10.7 Å². The van der Waals surface area contributed by atoms with Crippen molar-refractivity contribution in [1.29, 1.82) is 0 Å². The third-order valence-corrected chi connectivity index (χ3v) is 6.24. The number of nitrogens with zero attached hydrogens (tertiary/aromatic N) is 3. The highest BCUT2D eigenvalue weighted by Gasteiger charge is 2.39. The van der Waals surface area contributed by atoms with Gasteiger partial charge in [0.25, 0.3) is 15.9 Å². The first-order valence-corrected chi connectivity index (χ1v) is 10.5. The number of sulfonamides is 1. The van der Waals surface area contributed by atoms with Gasteiger partial charge in [0.15, 0.2) is 11.0 Å². The van der Waals surface area contributed by atoms with E-state index in [4.69, 9.17) is 11.6 Å². The molecule has 1 N–H and O–H groups in total. The number of rotatable bonds is 4. The molecule has 0 aliphatic carbocycles. The molecule has 150 valence electrons. The second-order valence-electron chi connectivity index (χ2n) is 7.49. The summed E-state index contributed by atoms with van der Waals surface area (Å²) >= 11 is 5.86. The smallest absolute Gasteiger partial charge is 0.268 e. The molecule has 0 unspecified atom stereocenters. The van der Waals surface area contributed by atoms with Gasteiger partial charge < -0.3 is 4.90 Å². The second-order valence-corrected chi connectivity index (χ2v) is 9.53. The zero-order valence-corrected chi connectivity index (χ0v) is 17.2. The molecule has 28 heavy (non-hydrogen) atoms. The molecule has 0 spiro atoms. The van der Waals surface area contributed by atoms with E-state index < -0.39 is 21.7 Å². The number of anilines is 1. The first-order valence-electron chi connectivity index (χ1n) is 8.62. The van der Waals surface area contributed by atoms with Gasteiger partial charge in [-0.15, -0.1) is 0 Å². The van der Waals surface area contributed by atoms with Gasteiger partial charge in [-0.1, -0.05) is 18.5 Å². The number of aromatic nitrogens is 2. The largest absolute Gasteiger partial charge is 0.351 e. The topological polar surface area (TPSA) is 92.3 Å². The summed E-state index contributed by atoms with van der Waals surface area (Å²) in [6, 6.07) is 3.65. The fraction of sp³-hybridized carbons (Fsp3) is 0.389. The maximum absolute atomic E-state index is 14.1. The van der Waals surface area contributed by atoms with E-state index in [1.54, 1.807) is 0 Å². The van der Waals surface area contributed by atoms with Gasteiger partial charge in [-0.2, -0.15) is 0 Å². The Morgan fingerprint density at radius 1 is 1.43 bits per heavy atom. The third-order valence-electron chi connectivity index (χ3n) is 4.66. The minimum absolute atomic E-state index is 0.152. The molecule has 2 aromatic rings. The van der Waals surface area contributed by atoms with Crippen LogP contribution in [0.1, 0.15) is 37.6 Å². The zero-order valence-electron chi connectivity index (χ0n) is 15.6. The van der Waals surface area contributed by atoms with Crippen LogP contribution < -0.4 is 9.62 Å². The van der Waals surface area contributed by atoms with Crippen molar-refractivity contribution in [1.82, 2.24) is 14.7 Å². The van der Waals surface area contributed by atoms with Crippen molar-refractivity contribution in [3.8, 4) is 0 Å². The molecule has 1 aliphatic heterocycles. The Labute approximate surface area is 168 Å². The molecule has 10 heteroatoms. The molecule has 1 saturated heterocycles. The van der Waals surface area contributed by atoms with Crippen LogP contribution in [-0.4, -0.2) is 36.4 Å². The number of amides is 1. The van der Waals surface area contributed by atoms with Crippen molar-refractivity contribution in [2.75, 3.05) is 11.4 Å². The monoisotopic (exact) mass is 426 g/mol. The number of carbonyl (C=O) groups is 1. The van der Waals surface area contributed by atoms with E-state index in [1.165, 1.54) is 18.3 Å². The SMILES string of the molecule is C[C@@H]1CN(c2nc(Cl)c(F)cc2C(=O)NS(=O)(=O)c2cccnc2)C(C)(C)C1. The molecular formula is C18H20ClFN4O3S. The lowest BCUT2D eigenvalue weighted by Gasteiger charge is -2.33. The Morgan fingerprint density at radius 3 is 2.71 bits per heavy atom. The van der Waals surface area contributed by atoms with Crippen LogP contribution in [-0.2, 0) is 10.0 Å². The zero-order chi connectivity index (χ0) is 20.7. The highest BCUT2D eigenvalue weighted by atomic mass is 35.5. The molecule has 3 heterocycles. The van der Waals surface area contributed by atoms with E-state index in [0.29, 0.717) is 12.5 Å². The van der Waals surface area contributed by atoms with Crippen LogP contribution in [0, 0.1) is 11.7 Å². The van der Waals surface area contributed by atoms with Crippen molar-refractivity contribution in [2.45, 2.75) is 37.6 Å². The quantitative estimate of drug-likeness (QED) is 0.755. The standard InChI is InChI=1S/C18H20ClFN4O3S/c1-11-8-18(2,3)24(10-11)16-13(7-14(20)15(19)22-16)17(25)23-28(26,27)12-5-4-6-21-9-12/h4-7,9,11H,8,10H2,1-3H3,(H,23,25)/t11-/m0/s1. The highest BCUT2D eigenvalue weighted by Crippen LogP contribution is 2.38. The molecule has 1 aliphatic rings. The van der Waals surface area contributed by atoms with Gasteiger partial charge >= 0.3 is 0 Å². The van der Waals surface area contributed by atoms with Crippen LogP contribution in [0.4, 0.5) is 10.2 Å². The molecule has 2 aromatic heterocycles. The molecule has 1 atom stereocenters. The Kier molecular flexibility index (Phi) is 5.33. The maximum Gasteiger partial charge on any atom is 0.268 e. The average molecular weight is 427 g/mol. The Bertz CT molecular complexity index is 1010. The summed E-state index contributed by atoms with van der Waals surface area (Å²) in [4.78, 5) is 22.3. The predicted octanol–water partition coefficient (Wildman–Crippen LogP) is 3.01. The Balaban J connectivity index is 2.02. The van der Waals surface area contributed by atoms with Gasteiger partial charge in [0.2, 0.25) is 0 Å². The maximum atomic E-state index is 14.1. The summed E-state index contributed by atoms with van der Waals surface area (Å²) in [5.74, 6) is -1.42. The fourth-order valence-corrected chi connectivity index (χ4v) is 4.60. The van der Waals surface area contributed by atoms with Gasteiger partial charge in [-0.25, -0.2) is 22.5 Å². The van der Waals surface area contributed by atoms with Gasteiger partial charge in [-0.05, 0) is 44.4 Å². The summed E-state index contributed by atoms with van der Waals surface area (Å²) < 4.78 is 40.9. The van der Waals surface area contributed by atoms with Gasteiger partial charge in [-0.3, -0.25) is 9.78 Å². The lowest BCUT2D eigenvalue weighted by Crippen LogP contribution is -2.41. The molecule has 1 amide bonds. The van der Waals surface area contributed by atoms with E-state index in [-0.39, 0.29) is 27.0 Å². The van der Waals surface area contributed by atoms with Crippen molar-refractivity contribution in [2.24, 2.45) is 5.92 Å². The van der Waals surface area contributed by atoms with Gasteiger partial charge in [0, 0.05) is 24.5 Å². The number of carbonyl (C=O) groups excluding carboxylic acids is 1. The number of halogens is 2. The number of nitrogens with one attached hydrogen (secondary N) is 1. The molecule has 0 bridgehead atoms. The van der Waals surface area contributed by atoms with Crippen molar-refractivity contribution < 1.29 is 17.6 Å². The van der Waals surface area contributed by atoms with Crippen LogP contribution in [0.25, 0.3) is 0 Å². The molecule has 0 radical (unpaired) electrons. The number of hydrogen-bond acceptors (Lipinski definition) is 6. The minimum atomic E-state index is -4.17. The molecule has 3 rings (SSSR count). The lowest BCUT2D eigenvalue weighted by atomic mass is 9.97. The molecule has 7 nitrogen and oxygen atoms in total. The van der Waals surface area contributed by atoms with Crippen molar-refractivity contribution in [3.63, 3.8) is 0 Å². The van der Waals surface area contributed by atoms with Crippen molar-refractivity contribution >= 4 is 33.3 Å². The Hall–Kier alpha value is -2.26. The van der Waals surface area contributed by atoms with E-state index >= 15 is 0 Å². The van der Waals surface area contributed by atoms with Crippen LogP contribution in [0.2, 0.25) is 5.15 Å². The number of hydrogen-bond donors (Lipinski definition) is 1. The summed E-state index contributed by atoms with van der Waals surface area (Å²) in [6.45, 7) is 6.59. The average Bonchev–Trinajstić information content (AvgIpc) is 2.89. The lowest BCUT2D eigenvalue weighted by molar-refractivity contribution is 0.0981. The molecule has 0 saturated carbocycles. The Morgan fingerprint density at radius 2 is 2.14 bits per heavy atom.